The van der Waals surface area contributed by atoms with Gasteiger partial charge in [0.25, 0.3) is 0 Å². The van der Waals surface area contributed by atoms with Crippen LogP contribution in [0.1, 0.15) is 38.2 Å². The van der Waals surface area contributed by atoms with Crippen LogP contribution in [0.2, 0.25) is 0 Å². The Balaban J connectivity index is 2.33. The number of rotatable bonds is 3. The summed E-state index contributed by atoms with van der Waals surface area (Å²) in [5.41, 5.74) is 2.54. The van der Waals surface area contributed by atoms with Crippen LogP contribution < -0.4 is 0 Å². The van der Waals surface area contributed by atoms with E-state index in [1.165, 1.54) is 23.8 Å². The van der Waals surface area contributed by atoms with Gasteiger partial charge in [-0.15, -0.1) is 0 Å². The van der Waals surface area contributed by atoms with Gasteiger partial charge >= 0.3 is 0 Å². The largest absolute Gasteiger partial charge is 0.278 e. The van der Waals surface area contributed by atoms with E-state index in [1.807, 2.05) is 6.20 Å². The number of nitrogens with one attached hydrogen (secondary N) is 1. The maximum Gasteiger partial charge on any atom is 0.0650 e. The maximum atomic E-state index is 4.02. The molecule has 0 aliphatic carbocycles. The molecule has 0 saturated carbocycles. The summed E-state index contributed by atoms with van der Waals surface area (Å²) in [6.45, 7) is 4.51. The Morgan fingerprint density at radius 1 is 1.43 bits per heavy atom. The molecular weight excluding hydrogens is 172 g/mol. The number of hydrogen-bond donors (Lipinski definition) is 1. The SMILES string of the molecule is CCCC(C)c1ccc2[nH]ncc2c1. The molecule has 0 saturated heterocycles. The van der Waals surface area contributed by atoms with Gasteiger partial charge in [-0.25, -0.2) is 0 Å². The van der Waals surface area contributed by atoms with Crippen LogP contribution in [0.4, 0.5) is 0 Å². The topological polar surface area (TPSA) is 28.7 Å². The fourth-order valence-electron chi connectivity index (χ4n) is 1.87. The lowest BCUT2D eigenvalue weighted by Crippen LogP contribution is -1.91. The second-order valence-corrected chi connectivity index (χ2v) is 3.91. The molecule has 1 aromatic carbocycles. The summed E-state index contributed by atoms with van der Waals surface area (Å²) < 4.78 is 0. The van der Waals surface area contributed by atoms with E-state index in [1.54, 1.807) is 0 Å². The molecule has 1 atom stereocenters. The molecule has 0 radical (unpaired) electrons. The monoisotopic (exact) mass is 188 g/mol. The van der Waals surface area contributed by atoms with Crippen molar-refractivity contribution in [3.63, 3.8) is 0 Å². The molecule has 1 unspecified atom stereocenters. The summed E-state index contributed by atoms with van der Waals surface area (Å²) in [4.78, 5) is 0. The Bertz CT molecular complexity index is 417. The number of H-pyrrole nitrogens is 1. The number of aromatic amines is 1. The Morgan fingerprint density at radius 2 is 2.29 bits per heavy atom. The molecular formula is C12H16N2. The zero-order valence-corrected chi connectivity index (χ0v) is 8.75. The lowest BCUT2D eigenvalue weighted by molar-refractivity contribution is 0.665. The standard InChI is InChI=1S/C12H16N2/c1-3-4-9(2)10-5-6-12-11(7-10)8-13-14-12/h5-9H,3-4H2,1-2H3,(H,13,14). The first-order valence-corrected chi connectivity index (χ1v) is 5.24. The molecule has 0 amide bonds. The Kier molecular flexibility index (Phi) is 2.53. The van der Waals surface area contributed by atoms with Crippen molar-refractivity contribution in [2.75, 3.05) is 0 Å². The van der Waals surface area contributed by atoms with Gasteiger partial charge in [-0.3, -0.25) is 5.10 Å². The predicted molar refractivity (Wildman–Crippen MR) is 59.4 cm³/mol. The summed E-state index contributed by atoms with van der Waals surface area (Å²) in [6, 6.07) is 6.55. The highest BCUT2D eigenvalue weighted by Crippen LogP contribution is 2.23. The van der Waals surface area contributed by atoms with E-state index in [9.17, 15) is 0 Å². The van der Waals surface area contributed by atoms with Gasteiger partial charge in [0.1, 0.15) is 0 Å². The lowest BCUT2D eigenvalue weighted by atomic mass is 9.96. The third kappa shape index (κ3) is 1.65. The first-order chi connectivity index (χ1) is 6.81. The van der Waals surface area contributed by atoms with Gasteiger partial charge < -0.3 is 0 Å². The van der Waals surface area contributed by atoms with Crippen LogP contribution in [-0.2, 0) is 0 Å². The Morgan fingerprint density at radius 3 is 3.07 bits per heavy atom. The average molecular weight is 188 g/mol. The minimum Gasteiger partial charge on any atom is -0.278 e. The zero-order valence-electron chi connectivity index (χ0n) is 8.75. The number of nitrogens with zero attached hydrogens (tertiary/aromatic N) is 1. The van der Waals surface area contributed by atoms with Gasteiger partial charge in [0.05, 0.1) is 11.7 Å². The molecule has 2 nitrogen and oxygen atoms in total. The average Bonchev–Trinajstić information content (AvgIpc) is 2.64. The Hall–Kier alpha value is -1.31. The van der Waals surface area contributed by atoms with Crippen LogP contribution in [0, 0.1) is 0 Å². The molecule has 1 N–H and O–H groups in total. The first kappa shape index (κ1) is 9.25. The highest BCUT2D eigenvalue weighted by atomic mass is 15.1. The van der Waals surface area contributed by atoms with Crippen LogP contribution in [0.5, 0.6) is 0 Å². The molecule has 2 aromatic rings. The molecule has 0 fully saturated rings. The van der Waals surface area contributed by atoms with Crippen molar-refractivity contribution in [2.45, 2.75) is 32.6 Å². The van der Waals surface area contributed by atoms with Crippen LogP contribution in [0.25, 0.3) is 10.9 Å². The minimum absolute atomic E-state index is 0.652. The van der Waals surface area contributed by atoms with Gasteiger partial charge in [0, 0.05) is 5.39 Å². The summed E-state index contributed by atoms with van der Waals surface area (Å²) in [5.74, 6) is 0.652. The third-order valence-corrected chi connectivity index (χ3v) is 2.75. The van der Waals surface area contributed by atoms with Gasteiger partial charge in [-0.2, -0.15) is 5.10 Å². The van der Waals surface area contributed by atoms with Gasteiger partial charge in [0.15, 0.2) is 0 Å². The van der Waals surface area contributed by atoms with E-state index in [2.05, 4.69) is 42.2 Å². The highest BCUT2D eigenvalue weighted by molar-refractivity contribution is 5.78. The van der Waals surface area contributed by atoms with Crippen molar-refractivity contribution in [1.29, 1.82) is 0 Å². The Labute approximate surface area is 84.3 Å². The second-order valence-electron chi connectivity index (χ2n) is 3.91. The van der Waals surface area contributed by atoms with E-state index in [0.29, 0.717) is 5.92 Å². The smallest absolute Gasteiger partial charge is 0.0650 e. The number of aromatic nitrogens is 2. The quantitative estimate of drug-likeness (QED) is 0.785. The molecule has 0 bridgehead atoms. The summed E-state index contributed by atoms with van der Waals surface area (Å²) in [6.07, 6.45) is 4.38. The first-order valence-electron chi connectivity index (χ1n) is 5.24. The van der Waals surface area contributed by atoms with Crippen molar-refractivity contribution in [3.05, 3.63) is 30.0 Å². The number of fused-ring (bicyclic) bond motifs is 1. The van der Waals surface area contributed by atoms with Crippen molar-refractivity contribution < 1.29 is 0 Å². The fraction of sp³-hybridized carbons (Fsp3) is 0.417. The minimum atomic E-state index is 0.652. The van der Waals surface area contributed by atoms with Crippen molar-refractivity contribution in [3.8, 4) is 0 Å². The van der Waals surface area contributed by atoms with E-state index in [4.69, 9.17) is 0 Å². The molecule has 2 heteroatoms. The van der Waals surface area contributed by atoms with E-state index < -0.39 is 0 Å². The second kappa shape index (κ2) is 3.82. The molecule has 0 aliphatic heterocycles. The van der Waals surface area contributed by atoms with Crippen LogP contribution in [-0.4, -0.2) is 10.2 Å². The van der Waals surface area contributed by atoms with Crippen LogP contribution in [0.3, 0.4) is 0 Å². The van der Waals surface area contributed by atoms with Crippen LogP contribution >= 0.6 is 0 Å². The van der Waals surface area contributed by atoms with Crippen LogP contribution in [0.15, 0.2) is 24.4 Å². The van der Waals surface area contributed by atoms with Gasteiger partial charge in [-0.05, 0) is 30.0 Å². The summed E-state index contributed by atoms with van der Waals surface area (Å²) >= 11 is 0. The van der Waals surface area contributed by atoms with E-state index >= 15 is 0 Å². The molecule has 14 heavy (non-hydrogen) atoms. The molecule has 74 valence electrons. The number of hydrogen-bond acceptors (Lipinski definition) is 1. The number of benzene rings is 1. The normalized spacial score (nSPS) is 13.3. The van der Waals surface area contributed by atoms with Gasteiger partial charge in [-0.1, -0.05) is 26.3 Å². The molecule has 0 aliphatic rings. The summed E-state index contributed by atoms with van der Waals surface area (Å²) in [5, 5.41) is 8.20. The summed E-state index contributed by atoms with van der Waals surface area (Å²) in [7, 11) is 0. The fourth-order valence-corrected chi connectivity index (χ4v) is 1.87. The predicted octanol–water partition coefficient (Wildman–Crippen LogP) is 3.47. The molecule has 1 heterocycles. The molecule has 1 aromatic heterocycles. The third-order valence-electron chi connectivity index (χ3n) is 2.75. The maximum absolute atomic E-state index is 4.02. The van der Waals surface area contributed by atoms with E-state index in [0.717, 1.165) is 5.52 Å². The van der Waals surface area contributed by atoms with Crippen molar-refractivity contribution in [2.24, 2.45) is 0 Å². The lowest BCUT2D eigenvalue weighted by Gasteiger charge is -2.09. The molecule has 0 spiro atoms. The van der Waals surface area contributed by atoms with Gasteiger partial charge in [0.2, 0.25) is 0 Å². The van der Waals surface area contributed by atoms with Crippen molar-refractivity contribution in [1.82, 2.24) is 10.2 Å². The van der Waals surface area contributed by atoms with Crippen molar-refractivity contribution >= 4 is 10.9 Å². The van der Waals surface area contributed by atoms with E-state index in [-0.39, 0.29) is 0 Å². The zero-order chi connectivity index (χ0) is 9.97. The highest BCUT2D eigenvalue weighted by Gasteiger charge is 2.05. The molecule has 2 rings (SSSR count).